The van der Waals surface area contributed by atoms with Crippen molar-refractivity contribution in [3.8, 4) is 17.5 Å². The van der Waals surface area contributed by atoms with Crippen molar-refractivity contribution in [2.24, 2.45) is 5.92 Å². The molecule has 0 aromatic carbocycles. The van der Waals surface area contributed by atoms with Crippen molar-refractivity contribution in [1.82, 2.24) is 20.1 Å². The Morgan fingerprint density at radius 1 is 1.35 bits per heavy atom. The Kier molecular flexibility index (Phi) is 6.42. The first kappa shape index (κ1) is 17.3. The molecule has 2 rings (SSSR count). The van der Waals surface area contributed by atoms with Crippen molar-refractivity contribution >= 4 is 0 Å². The van der Waals surface area contributed by atoms with E-state index in [1.54, 1.807) is 6.20 Å². The molecule has 1 unspecified atom stereocenters. The van der Waals surface area contributed by atoms with E-state index in [0.29, 0.717) is 5.56 Å². The first-order valence-electron chi connectivity index (χ1n) is 8.51. The van der Waals surface area contributed by atoms with Crippen LogP contribution >= 0.6 is 0 Å². The quantitative estimate of drug-likeness (QED) is 0.737. The van der Waals surface area contributed by atoms with Crippen LogP contribution in [0, 0.1) is 17.2 Å². The lowest BCUT2D eigenvalue weighted by atomic mass is 10.0. The molecule has 0 bridgehead atoms. The maximum atomic E-state index is 8.97. The van der Waals surface area contributed by atoms with Gasteiger partial charge in [-0.3, -0.25) is 10.00 Å². The topological polar surface area (TPSA) is 71.5 Å². The number of aromatic nitrogens is 3. The van der Waals surface area contributed by atoms with Gasteiger partial charge in [0.15, 0.2) is 0 Å². The second kappa shape index (κ2) is 8.54. The maximum Gasteiger partial charge on any atom is 0.101 e. The Morgan fingerprint density at radius 2 is 2.17 bits per heavy atom. The van der Waals surface area contributed by atoms with Crippen LogP contribution < -0.4 is 0 Å². The monoisotopic (exact) mass is 313 g/mol. The highest BCUT2D eigenvalue weighted by atomic mass is 15.1. The minimum atomic E-state index is 0.641. The summed E-state index contributed by atoms with van der Waals surface area (Å²) in [6.45, 7) is 9.88. The third-order valence-corrected chi connectivity index (χ3v) is 4.37. The third-order valence-electron chi connectivity index (χ3n) is 4.37. The fourth-order valence-electron chi connectivity index (χ4n) is 2.70. The highest BCUT2D eigenvalue weighted by Gasteiger charge is 2.14. The summed E-state index contributed by atoms with van der Waals surface area (Å²) in [5, 5.41) is 16.2. The van der Waals surface area contributed by atoms with Gasteiger partial charge in [0.25, 0.3) is 0 Å². The van der Waals surface area contributed by atoms with E-state index in [-0.39, 0.29) is 0 Å². The number of aromatic amines is 2. The predicted octanol–water partition coefficient (Wildman–Crippen LogP) is 3.92. The van der Waals surface area contributed by atoms with E-state index in [1.807, 2.05) is 12.3 Å². The molecule has 0 saturated heterocycles. The average Bonchev–Trinajstić information content (AvgIpc) is 3.20. The number of rotatable bonds is 9. The zero-order valence-corrected chi connectivity index (χ0v) is 14.4. The van der Waals surface area contributed by atoms with E-state index in [2.05, 4.69) is 46.9 Å². The lowest BCUT2D eigenvalue weighted by Gasteiger charge is -2.23. The molecule has 0 aliphatic carbocycles. The third kappa shape index (κ3) is 4.70. The van der Waals surface area contributed by atoms with E-state index in [4.69, 9.17) is 5.26 Å². The lowest BCUT2D eigenvalue weighted by molar-refractivity contribution is 0.246. The fourth-order valence-corrected chi connectivity index (χ4v) is 2.70. The zero-order chi connectivity index (χ0) is 16.7. The van der Waals surface area contributed by atoms with Crippen molar-refractivity contribution in [3.05, 3.63) is 29.6 Å². The summed E-state index contributed by atoms with van der Waals surface area (Å²) in [5.41, 5.74) is 3.72. The molecule has 2 heterocycles. The summed E-state index contributed by atoms with van der Waals surface area (Å²) in [7, 11) is 0. The summed E-state index contributed by atoms with van der Waals surface area (Å²) in [5.74, 6) is 0.764. The van der Waals surface area contributed by atoms with Crippen molar-refractivity contribution < 1.29 is 0 Å². The molecule has 0 radical (unpaired) electrons. The summed E-state index contributed by atoms with van der Waals surface area (Å²) in [6.07, 6.45) is 7.23. The molecule has 2 N–H and O–H groups in total. The minimum Gasteiger partial charge on any atom is -0.359 e. The van der Waals surface area contributed by atoms with Gasteiger partial charge in [0.1, 0.15) is 6.07 Å². The van der Waals surface area contributed by atoms with Crippen molar-refractivity contribution in [2.75, 3.05) is 13.1 Å². The van der Waals surface area contributed by atoms with E-state index in [1.165, 1.54) is 18.4 Å². The summed E-state index contributed by atoms with van der Waals surface area (Å²) in [4.78, 5) is 5.65. The van der Waals surface area contributed by atoms with E-state index in [9.17, 15) is 0 Å². The molecule has 1 atom stereocenters. The van der Waals surface area contributed by atoms with E-state index in [0.717, 1.165) is 43.4 Å². The SMILES string of the molecule is CCCN(CCC(C)CC)Cc1cn[nH]c1-c1cc(C#N)c[nH]1. The molecule has 2 aromatic heterocycles. The second-order valence-corrected chi connectivity index (χ2v) is 6.26. The zero-order valence-electron chi connectivity index (χ0n) is 14.4. The normalized spacial score (nSPS) is 12.5. The molecule has 0 saturated carbocycles. The number of hydrogen-bond acceptors (Lipinski definition) is 3. The van der Waals surface area contributed by atoms with Crippen LogP contribution in [0.2, 0.25) is 0 Å². The van der Waals surface area contributed by atoms with Gasteiger partial charge in [-0.15, -0.1) is 0 Å². The van der Waals surface area contributed by atoms with Crippen LogP contribution in [0.15, 0.2) is 18.5 Å². The largest absolute Gasteiger partial charge is 0.359 e. The van der Waals surface area contributed by atoms with Gasteiger partial charge in [0.05, 0.1) is 23.1 Å². The van der Waals surface area contributed by atoms with Gasteiger partial charge < -0.3 is 4.98 Å². The van der Waals surface area contributed by atoms with Crippen molar-refractivity contribution in [1.29, 1.82) is 5.26 Å². The highest BCUT2D eigenvalue weighted by molar-refractivity contribution is 5.60. The molecule has 124 valence electrons. The Bertz CT molecular complexity index is 634. The Hall–Kier alpha value is -2.06. The molecule has 0 aliphatic rings. The van der Waals surface area contributed by atoms with Crippen molar-refractivity contribution in [2.45, 2.75) is 46.6 Å². The molecule has 0 fully saturated rings. The van der Waals surface area contributed by atoms with Gasteiger partial charge in [-0.1, -0.05) is 27.2 Å². The summed E-state index contributed by atoms with van der Waals surface area (Å²) in [6, 6.07) is 4.01. The van der Waals surface area contributed by atoms with Crippen LogP contribution in [0.4, 0.5) is 0 Å². The number of H-pyrrole nitrogens is 2. The molecular weight excluding hydrogens is 286 g/mol. The predicted molar refractivity (Wildman–Crippen MR) is 92.7 cm³/mol. The van der Waals surface area contributed by atoms with Crippen LogP contribution in [0.3, 0.4) is 0 Å². The average molecular weight is 313 g/mol. The molecule has 5 nitrogen and oxygen atoms in total. The molecule has 0 spiro atoms. The molecule has 0 aliphatic heterocycles. The van der Waals surface area contributed by atoms with Gasteiger partial charge in [-0.2, -0.15) is 10.4 Å². The Morgan fingerprint density at radius 3 is 2.83 bits per heavy atom. The van der Waals surface area contributed by atoms with Gasteiger partial charge >= 0.3 is 0 Å². The summed E-state index contributed by atoms with van der Waals surface area (Å²) >= 11 is 0. The lowest BCUT2D eigenvalue weighted by Crippen LogP contribution is -2.26. The summed E-state index contributed by atoms with van der Waals surface area (Å²) < 4.78 is 0. The number of nitrogens with zero attached hydrogens (tertiary/aromatic N) is 3. The first-order valence-corrected chi connectivity index (χ1v) is 8.51. The molecule has 2 aromatic rings. The number of nitrogens with one attached hydrogen (secondary N) is 2. The van der Waals surface area contributed by atoms with Gasteiger partial charge in [0.2, 0.25) is 0 Å². The van der Waals surface area contributed by atoms with Crippen LogP contribution in [-0.4, -0.2) is 33.2 Å². The smallest absolute Gasteiger partial charge is 0.101 e. The minimum absolute atomic E-state index is 0.641. The molecule has 0 amide bonds. The Balaban J connectivity index is 2.08. The standard InChI is InChI=1S/C18H27N5/c1-4-7-23(8-6-14(3)5-2)13-16-12-21-22-18(16)17-9-15(10-19)11-20-17/h9,11-12,14,20H,4-8,13H2,1-3H3,(H,21,22). The van der Waals surface area contributed by atoms with Crippen LogP contribution in [0.5, 0.6) is 0 Å². The van der Waals surface area contributed by atoms with Crippen LogP contribution in [0.1, 0.15) is 51.2 Å². The van der Waals surface area contributed by atoms with E-state index < -0.39 is 0 Å². The van der Waals surface area contributed by atoms with Crippen LogP contribution in [0.25, 0.3) is 11.4 Å². The number of hydrogen-bond donors (Lipinski definition) is 2. The van der Waals surface area contributed by atoms with Crippen LogP contribution in [-0.2, 0) is 6.54 Å². The van der Waals surface area contributed by atoms with Gasteiger partial charge in [-0.25, -0.2) is 0 Å². The fraction of sp³-hybridized carbons (Fsp3) is 0.556. The second-order valence-electron chi connectivity index (χ2n) is 6.26. The molecule has 5 heteroatoms. The molecular formula is C18H27N5. The molecule has 23 heavy (non-hydrogen) atoms. The van der Waals surface area contributed by atoms with E-state index >= 15 is 0 Å². The van der Waals surface area contributed by atoms with Gasteiger partial charge in [0, 0.05) is 18.3 Å². The maximum absolute atomic E-state index is 8.97. The number of nitriles is 1. The first-order chi connectivity index (χ1) is 11.2. The van der Waals surface area contributed by atoms with Crippen molar-refractivity contribution in [3.63, 3.8) is 0 Å². The van der Waals surface area contributed by atoms with Gasteiger partial charge in [-0.05, 0) is 37.9 Å². The highest BCUT2D eigenvalue weighted by Crippen LogP contribution is 2.22. The Labute approximate surface area is 138 Å².